The van der Waals surface area contributed by atoms with Crippen LogP contribution in [0.4, 0.5) is 6.01 Å². The average molecular weight is 317 g/mol. The Balaban J connectivity index is 2.27. The number of hydrogen-bond acceptors (Lipinski definition) is 4. The summed E-state index contributed by atoms with van der Waals surface area (Å²) in [6.45, 7) is 4.01. The molecular weight excluding hydrogens is 305 g/mol. The van der Waals surface area contributed by atoms with Gasteiger partial charge in [0, 0.05) is 16.1 Å². The molecule has 17 heavy (non-hydrogen) atoms. The number of rotatable bonds is 3. The van der Waals surface area contributed by atoms with Crippen molar-refractivity contribution in [1.29, 1.82) is 0 Å². The van der Waals surface area contributed by atoms with Crippen LogP contribution in [0.5, 0.6) is 0 Å². The number of anilines is 1. The molecule has 0 aliphatic heterocycles. The Morgan fingerprint density at radius 3 is 2.82 bits per heavy atom. The Bertz CT molecular complexity index is 527. The molecule has 0 amide bonds. The summed E-state index contributed by atoms with van der Waals surface area (Å²) in [6, 6.07) is 6.15. The van der Waals surface area contributed by atoms with E-state index in [2.05, 4.69) is 31.4 Å². The molecule has 2 rings (SSSR count). The van der Waals surface area contributed by atoms with Gasteiger partial charge in [-0.05, 0) is 48.0 Å². The second-order valence-electron chi connectivity index (χ2n) is 3.85. The second-order valence-corrected chi connectivity index (χ2v) is 5.11. The minimum atomic E-state index is 0.250. The highest BCUT2D eigenvalue weighted by atomic mass is 79.9. The zero-order valence-electron chi connectivity index (χ0n) is 9.37. The first-order valence-corrected chi connectivity index (χ1v) is 6.29. The van der Waals surface area contributed by atoms with Gasteiger partial charge in [0.2, 0.25) is 5.82 Å². The molecule has 0 spiro atoms. The van der Waals surface area contributed by atoms with E-state index in [4.69, 9.17) is 16.1 Å². The molecule has 0 unspecified atom stereocenters. The van der Waals surface area contributed by atoms with Gasteiger partial charge in [0.25, 0.3) is 0 Å². The monoisotopic (exact) mass is 315 g/mol. The molecule has 0 aliphatic carbocycles. The van der Waals surface area contributed by atoms with Crippen LogP contribution in [0.1, 0.15) is 13.8 Å². The highest BCUT2D eigenvalue weighted by molar-refractivity contribution is 9.10. The number of aromatic nitrogens is 2. The lowest BCUT2D eigenvalue weighted by Gasteiger charge is -2.01. The van der Waals surface area contributed by atoms with Crippen LogP contribution < -0.4 is 5.32 Å². The number of nitrogens with one attached hydrogen (secondary N) is 1. The lowest BCUT2D eigenvalue weighted by Crippen LogP contribution is -2.09. The molecule has 0 aliphatic rings. The molecule has 6 heteroatoms. The third-order valence-corrected chi connectivity index (χ3v) is 3.23. The lowest BCUT2D eigenvalue weighted by molar-refractivity contribution is 0.429. The van der Waals surface area contributed by atoms with E-state index in [0.29, 0.717) is 16.9 Å². The highest BCUT2D eigenvalue weighted by Crippen LogP contribution is 2.27. The van der Waals surface area contributed by atoms with Crippen molar-refractivity contribution >= 4 is 33.5 Å². The fourth-order valence-electron chi connectivity index (χ4n) is 1.28. The topological polar surface area (TPSA) is 51.0 Å². The molecule has 0 bridgehead atoms. The third-order valence-electron chi connectivity index (χ3n) is 2.02. The van der Waals surface area contributed by atoms with Gasteiger partial charge in [-0.25, -0.2) is 0 Å². The van der Waals surface area contributed by atoms with E-state index >= 15 is 0 Å². The molecule has 1 aromatic heterocycles. The predicted molar refractivity (Wildman–Crippen MR) is 71.2 cm³/mol. The average Bonchev–Trinajstić information content (AvgIpc) is 2.69. The van der Waals surface area contributed by atoms with E-state index < -0.39 is 0 Å². The highest BCUT2D eigenvalue weighted by Gasteiger charge is 2.10. The maximum absolute atomic E-state index is 5.92. The van der Waals surface area contributed by atoms with Crippen LogP contribution in [-0.2, 0) is 0 Å². The first-order chi connectivity index (χ1) is 8.06. The molecule has 0 saturated heterocycles. The summed E-state index contributed by atoms with van der Waals surface area (Å²) in [5, 5.41) is 7.59. The lowest BCUT2D eigenvalue weighted by atomic mass is 10.2. The van der Waals surface area contributed by atoms with E-state index in [1.54, 1.807) is 6.07 Å². The summed E-state index contributed by atoms with van der Waals surface area (Å²) < 4.78 is 5.88. The third kappa shape index (κ3) is 2.98. The van der Waals surface area contributed by atoms with Gasteiger partial charge >= 0.3 is 6.01 Å². The zero-order chi connectivity index (χ0) is 12.4. The van der Waals surface area contributed by atoms with Gasteiger partial charge in [0.15, 0.2) is 0 Å². The van der Waals surface area contributed by atoms with Crippen LogP contribution in [0.15, 0.2) is 27.2 Å². The van der Waals surface area contributed by atoms with Crippen LogP contribution in [0.2, 0.25) is 5.02 Å². The zero-order valence-corrected chi connectivity index (χ0v) is 11.7. The van der Waals surface area contributed by atoms with Crippen LogP contribution in [-0.4, -0.2) is 16.2 Å². The molecule has 1 N–H and O–H groups in total. The first-order valence-electron chi connectivity index (χ1n) is 5.12. The van der Waals surface area contributed by atoms with Gasteiger partial charge in [-0.1, -0.05) is 16.8 Å². The van der Waals surface area contributed by atoms with Crippen molar-refractivity contribution in [2.24, 2.45) is 0 Å². The number of hydrogen-bond donors (Lipinski definition) is 1. The fourth-order valence-corrected chi connectivity index (χ4v) is 1.78. The molecule has 0 saturated carbocycles. The molecule has 0 atom stereocenters. The molecule has 1 heterocycles. The van der Waals surface area contributed by atoms with E-state index in [1.165, 1.54) is 0 Å². The smallest absolute Gasteiger partial charge is 0.321 e. The molecule has 2 aromatic rings. The number of halogens is 2. The summed E-state index contributed by atoms with van der Waals surface area (Å²) in [7, 11) is 0. The van der Waals surface area contributed by atoms with Gasteiger partial charge < -0.3 is 9.84 Å². The van der Waals surface area contributed by atoms with Crippen molar-refractivity contribution < 1.29 is 4.52 Å². The van der Waals surface area contributed by atoms with Crippen LogP contribution in [0.25, 0.3) is 11.4 Å². The van der Waals surface area contributed by atoms with Gasteiger partial charge in [-0.3, -0.25) is 0 Å². The van der Waals surface area contributed by atoms with E-state index in [9.17, 15) is 0 Å². The van der Waals surface area contributed by atoms with Crippen molar-refractivity contribution in [1.82, 2.24) is 10.1 Å². The van der Waals surface area contributed by atoms with E-state index in [0.717, 1.165) is 10.0 Å². The van der Waals surface area contributed by atoms with Crippen LogP contribution in [0, 0.1) is 0 Å². The number of nitrogens with zero attached hydrogens (tertiary/aromatic N) is 2. The van der Waals surface area contributed by atoms with Gasteiger partial charge in [-0.15, -0.1) is 0 Å². The molecule has 1 aromatic carbocycles. The van der Waals surface area contributed by atoms with Crippen molar-refractivity contribution in [3.63, 3.8) is 0 Å². The molecule has 4 nitrogen and oxygen atoms in total. The first kappa shape index (κ1) is 12.4. The predicted octanol–water partition coefficient (Wildman–Crippen LogP) is 3.97. The van der Waals surface area contributed by atoms with Gasteiger partial charge in [-0.2, -0.15) is 4.98 Å². The summed E-state index contributed by atoms with van der Waals surface area (Å²) in [4.78, 5) is 4.24. The normalized spacial score (nSPS) is 10.9. The summed E-state index contributed by atoms with van der Waals surface area (Å²) >= 11 is 9.28. The molecular formula is C11H11BrClN3O. The summed E-state index contributed by atoms with van der Waals surface area (Å²) in [6.07, 6.45) is 0. The molecule has 0 radical (unpaired) electrons. The fraction of sp³-hybridized carbons (Fsp3) is 0.273. The SMILES string of the molecule is CC(C)Nc1nc(-c2ccc(Cl)c(Br)c2)no1. The quantitative estimate of drug-likeness (QED) is 0.931. The van der Waals surface area contributed by atoms with Crippen LogP contribution >= 0.6 is 27.5 Å². The van der Waals surface area contributed by atoms with Crippen molar-refractivity contribution in [3.8, 4) is 11.4 Å². The Morgan fingerprint density at radius 1 is 1.41 bits per heavy atom. The molecule has 0 fully saturated rings. The summed E-state index contributed by atoms with van der Waals surface area (Å²) in [5.74, 6) is 0.533. The van der Waals surface area contributed by atoms with E-state index in [1.807, 2.05) is 26.0 Å². The van der Waals surface area contributed by atoms with E-state index in [-0.39, 0.29) is 6.04 Å². The Morgan fingerprint density at radius 2 is 2.18 bits per heavy atom. The second kappa shape index (κ2) is 5.06. The maximum Gasteiger partial charge on any atom is 0.321 e. The Labute approximate surface area is 112 Å². The molecule has 90 valence electrons. The Kier molecular flexibility index (Phi) is 3.69. The number of benzene rings is 1. The van der Waals surface area contributed by atoms with Gasteiger partial charge in [0.1, 0.15) is 0 Å². The van der Waals surface area contributed by atoms with Crippen LogP contribution in [0.3, 0.4) is 0 Å². The van der Waals surface area contributed by atoms with Crippen molar-refractivity contribution in [2.75, 3.05) is 5.32 Å². The largest absolute Gasteiger partial charge is 0.336 e. The minimum absolute atomic E-state index is 0.250. The summed E-state index contributed by atoms with van der Waals surface area (Å²) in [5.41, 5.74) is 0.849. The minimum Gasteiger partial charge on any atom is -0.336 e. The van der Waals surface area contributed by atoms with Crippen molar-refractivity contribution in [2.45, 2.75) is 19.9 Å². The Hall–Kier alpha value is -1.07. The van der Waals surface area contributed by atoms with Crippen molar-refractivity contribution in [3.05, 3.63) is 27.7 Å². The van der Waals surface area contributed by atoms with Gasteiger partial charge in [0.05, 0.1) is 5.02 Å². The standard InChI is InChI=1S/C11H11BrClN3O/c1-6(2)14-11-15-10(16-17-11)7-3-4-9(13)8(12)5-7/h3-6H,1-2H3,(H,14,15,16). The maximum atomic E-state index is 5.92.